The van der Waals surface area contributed by atoms with E-state index < -0.39 is 0 Å². The number of hydrogen-bond acceptors (Lipinski definition) is 5. The highest BCUT2D eigenvalue weighted by Crippen LogP contribution is 2.33. The fourth-order valence-electron chi connectivity index (χ4n) is 1.96. The molecule has 0 fully saturated rings. The van der Waals surface area contributed by atoms with Crippen molar-refractivity contribution in [3.05, 3.63) is 75.0 Å². The molecule has 0 aliphatic heterocycles. The Bertz CT molecular complexity index is 928. The van der Waals surface area contributed by atoms with Crippen molar-refractivity contribution in [3.8, 4) is 5.75 Å². The molecule has 0 saturated heterocycles. The van der Waals surface area contributed by atoms with Crippen molar-refractivity contribution in [2.24, 2.45) is 5.10 Å². The van der Waals surface area contributed by atoms with Crippen molar-refractivity contribution in [1.82, 2.24) is 5.43 Å². The first-order valence-electron chi connectivity index (χ1n) is 7.82. The molecular weight excluding hydrogens is 468 g/mol. The highest BCUT2D eigenvalue weighted by Gasteiger charge is 2.03. The summed E-state index contributed by atoms with van der Waals surface area (Å²) in [4.78, 5) is 13.8. The molecule has 1 heterocycles. The van der Waals surface area contributed by atoms with E-state index in [-0.39, 0.29) is 12.5 Å². The lowest BCUT2D eigenvalue weighted by Crippen LogP contribution is -2.24. The van der Waals surface area contributed by atoms with Crippen LogP contribution in [0, 0.1) is 0 Å². The smallest absolute Gasteiger partial charge is 0.277 e. The van der Waals surface area contributed by atoms with Crippen molar-refractivity contribution in [2.75, 3.05) is 6.61 Å². The van der Waals surface area contributed by atoms with Crippen LogP contribution in [0.3, 0.4) is 0 Å². The second-order valence-corrected chi connectivity index (χ2v) is 9.09. The SMILES string of the molecule is O=C(COc1ccc(Br)cc1)N/N=C\c1ccc(Sc2ccc(Cl)cc2)s1. The Balaban J connectivity index is 1.45. The molecule has 0 spiro atoms. The molecule has 138 valence electrons. The van der Waals surface area contributed by atoms with Crippen LogP contribution < -0.4 is 10.2 Å². The number of nitrogens with one attached hydrogen (secondary N) is 1. The topological polar surface area (TPSA) is 50.7 Å². The van der Waals surface area contributed by atoms with Crippen LogP contribution in [0.2, 0.25) is 5.02 Å². The third-order valence-electron chi connectivity index (χ3n) is 3.20. The zero-order chi connectivity index (χ0) is 19.1. The lowest BCUT2D eigenvalue weighted by Gasteiger charge is -2.04. The summed E-state index contributed by atoms with van der Waals surface area (Å²) in [5, 5.41) is 4.69. The normalized spacial score (nSPS) is 10.9. The van der Waals surface area contributed by atoms with Crippen LogP contribution in [-0.4, -0.2) is 18.7 Å². The van der Waals surface area contributed by atoms with Crippen LogP contribution in [0.1, 0.15) is 4.88 Å². The van der Waals surface area contributed by atoms with E-state index in [1.165, 1.54) is 0 Å². The minimum absolute atomic E-state index is 0.0961. The number of carbonyl (C=O) groups excluding carboxylic acids is 1. The average Bonchev–Trinajstić information content (AvgIpc) is 3.10. The molecule has 3 rings (SSSR count). The molecule has 3 aromatic rings. The number of rotatable bonds is 7. The first-order valence-corrected chi connectivity index (χ1v) is 10.6. The molecule has 1 N–H and O–H groups in total. The van der Waals surface area contributed by atoms with Gasteiger partial charge in [0.1, 0.15) is 5.75 Å². The van der Waals surface area contributed by atoms with Crippen LogP contribution in [0.5, 0.6) is 5.75 Å². The van der Waals surface area contributed by atoms with Gasteiger partial charge in [0, 0.05) is 19.3 Å². The maximum absolute atomic E-state index is 11.8. The van der Waals surface area contributed by atoms with Gasteiger partial charge in [-0.2, -0.15) is 5.10 Å². The lowest BCUT2D eigenvalue weighted by atomic mass is 10.3. The van der Waals surface area contributed by atoms with Gasteiger partial charge >= 0.3 is 0 Å². The van der Waals surface area contributed by atoms with E-state index in [1.807, 2.05) is 48.5 Å². The lowest BCUT2D eigenvalue weighted by molar-refractivity contribution is -0.123. The number of amides is 1. The minimum atomic E-state index is -0.318. The molecule has 0 radical (unpaired) electrons. The number of thiophene rings is 1. The van der Waals surface area contributed by atoms with E-state index >= 15 is 0 Å². The zero-order valence-electron chi connectivity index (χ0n) is 13.9. The van der Waals surface area contributed by atoms with Crippen molar-refractivity contribution in [2.45, 2.75) is 9.10 Å². The predicted molar refractivity (Wildman–Crippen MR) is 115 cm³/mol. The van der Waals surface area contributed by atoms with Crippen molar-refractivity contribution in [1.29, 1.82) is 0 Å². The van der Waals surface area contributed by atoms with Crippen LogP contribution >= 0.6 is 50.6 Å². The van der Waals surface area contributed by atoms with Gasteiger partial charge in [-0.1, -0.05) is 39.3 Å². The fourth-order valence-corrected chi connectivity index (χ4v) is 4.34. The van der Waals surface area contributed by atoms with Gasteiger partial charge in [0.2, 0.25) is 0 Å². The van der Waals surface area contributed by atoms with Crippen LogP contribution in [0.25, 0.3) is 0 Å². The zero-order valence-corrected chi connectivity index (χ0v) is 17.9. The Labute approximate surface area is 178 Å². The first-order chi connectivity index (χ1) is 13.1. The van der Waals surface area contributed by atoms with E-state index in [0.29, 0.717) is 5.75 Å². The standard InChI is InChI=1S/C19H14BrClN2O2S2/c20-13-1-5-15(6-2-13)25-12-18(24)23-22-11-17-9-10-19(27-17)26-16-7-3-14(21)4-8-16/h1-11H,12H2,(H,23,24)/b22-11-. The summed E-state index contributed by atoms with van der Waals surface area (Å²) in [6, 6.07) is 18.9. The monoisotopic (exact) mass is 480 g/mol. The van der Waals surface area contributed by atoms with Gasteiger partial charge < -0.3 is 4.74 Å². The van der Waals surface area contributed by atoms with Gasteiger partial charge in [0.05, 0.1) is 10.4 Å². The molecule has 2 aromatic carbocycles. The van der Waals surface area contributed by atoms with E-state index in [0.717, 1.165) is 23.5 Å². The first kappa shape index (κ1) is 19.9. The van der Waals surface area contributed by atoms with Gasteiger partial charge in [0.25, 0.3) is 5.91 Å². The van der Waals surface area contributed by atoms with Crippen molar-refractivity contribution >= 4 is 62.8 Å². The summed E-state index contributed by atoms with van der Waals surface area (Å²) in [6.45, 7) is -0.0961. The number of hydrazone groups is 1. The summed E-state index contributed by atoms with van der Waals surface area (Å²) in [6.07, 6.45) is 1.62. The third kappa shape index (κ3) is 6.70. The molecule has 0 aliphatic rings. The largest absolute Gasteiger partial charge is 0.484 e. The molecule has 27 heavy (non-hydrogen) atoms. The third-order valence-corrected chi connectivity index (χ3v) is 6.14. The molecule has 8 heteroatoms. The molecule has 1 amide bonds. The van der Waals surface area contributed by atoms with Crippen molar-refractivity contribution in [3.63, 3.8) is 0 Å². The summed E-state index contributed by atoms with van der Waals surface area (Å²) >= 11 is 12.5. The molecule has 4 nitrogen and oxygen atoms in total. The predicted octanol–water partition coefficient (Wildman–Crippen LogP) is 5.84. The highest BCUT2D eigenvalue weighted by molar-refractivity contribution is 9.10. The molecule has 0 unspecified atom stereocenters. The molecule has 0 saturated carbocycles. The Morgan fingerprint density at radius 2 is 1.89 bits per heavy atom. The fraction of sp³-hybridized carbons (Fsp3) is 0.0526. The Hall–Kier alpha value is -1.80. The Morgan fingerprint density at radius 3 is 2.63 bits per heavy atom. The van der Waals surface area contributed by atoms with Crippen LogP contribution in [0.4, 0.5) is 0 Å². The number of ether oxygens (including phenoxy) is 1. The Kier molecular flexibility index (Phi) is 7.34. The number of halogens is 2. The molecule has 0 aliphatic carbocycles. The van der Waals surface area contributed by atoms with Crippen molar-refractivity contribution < 1.29 is 9.53 Å². The average molecular weight is 482 g/mol. The molecule has 0 bridgehead atoms. The van der Waals surface area contributed by atoms with Gasteiger partial charge in [-0.15, -0.1) is 11.3 Å². The van der Waals surface area contributed by atoms with Crippen LogP contribution in [-0.2, 0) is 4.79 Å². The molecular formula is C19H14BrClN2O2S2. The minimum Gasteiger partial charge on any atom is -0.484 e. The second-order valence-electron chi connectivity index (χ2n) is 5.25. The van der Waals surface area contributed by atoms with Gasteiger partial charge in [-0.3, -0.25) is 4.79 Å². The van der Waals surface area contributed by atoms with Gasteiger partial charge in [-0.05, 0) is 60.7 Å². The molecule has 1 aromatic heterocycles. The van der Waals surface area contributed by atoms with E-state index in [1.54, 1.807) is 41.4 Å². The summed E-state index contributed by atoms with van der Waals surface area (Å²) in [5.74, 6) is 0.306. The summed E-state index contributed by atoms with van der Waals surface area (Å²) in [5.41, 5.74) is 2.46. The Morgan fingerprint density at radius 1 is 1.15 bits per heavy atom. The number of carbonyl (C=O) groups is 1. The number of benzene rings is 2. The molecule has 0 atom stereocenters. The van der Waals surface area contributed by atoms with Gasteiger partial charge in [0.15, 0.2) is 6.61 Å². The number of nitrogens with zero attached hydrogens (tertiary/aromatic N) is 1. The van der Waals surface area contributed by atoms with E-state index in [2.05, 4.69) is 26.5 Å². The van der Waals surface area contributed by atoms with Crippen LogP contribution in [0.15, 0.2) is 79.3 Å². The summed E-state index contributed by atoms with van der Waals surface area (Å²) in [7, 11) is 0. The second kappa shape index (κ2) is 9.94. The van der Waals surface area contributed by atoms with E-state index in [9.17, 15) is 4.79 Å². The maximum Gasteiger partial charge on any atom is 0.277 e. The number of hydrogen-bond donors (Lipinski definition) is 1. The van der Waals surface area contributed by atoms with E-state index in [4.69, 9.17) is 16.3 Å². The summed E-state index contributed by atoms with van der Waals surface area (Å²) < 4.78 is 7.47. The highest BCUT2D eigenvalue weighted by atomic mass is 79.9. The van der Waals surface area contributed by atoms with Gasteiger partial charge in [-0.25, -0.2) is 5.43 Å². The quantitative estimate of drug-likeness (QED) is 0.340. The maximum atomic E-state index is 11.8.